The van der Waals surface area contributed by atoms with Gasteiger partial charge in [0.25, 0.3) is 0 Å². The van der Waals surface area contributed by atoms with Crippen LogP contribution in [0.3, 0.4) is 0 Å². The van der Waals surface area contributed by atoms with Crippen molar-refractivity contribution < 1.29 is 0 Å². The summed E-state index contributed by atoms with van der Waals surface area (Å²) in [6.07, 6.45) is 1.01. The van der Waals surface area contributed by atoms with E-state index in [0.29, 0.717) is 0 Å². The van der Waals surface area contributed by atoms with Crippen LogP contribution in [-0.4, -0.2) is 12.3 Å². The summed E-state index contributed by atoms with van der Waals surface area (Å²) in [4.78, 5) is 2.37. The highest BCUT2D eigenvalue weighted by Crippen LogP contribution is 2.42. The van der Waals surface area contributed by atoms with Gasteiger partial charge in [0, 0.05) is 6.54 Å². The van der Waals surface area contributed by atoms with Crippen LogP contribution in [0.5, 0.6) is 0 Å². The van der Waals surface area contributed by atoms with Gasteiger partial charge in [-0.15, -0.1) is 0 Å². The Kier molecular flexibility index (Phi) is 4.53. The van der Waals surface area contributed by atoms with Crippen LogP contribution < -0.4 is 15.5 Å². The van der Waals surface area contributed by atoms with Gasteiger partial charge in [-0.25, -0.2) is 0 Å². The van der Waals surface area contributed by atoms with Crippen LogP contribution in [0.1, 0.15) is 6.42 Å². The number of nitrogens with zero attached hydrogens (tertiary/aromatic N) is 1. The number of hydrogen-bond donors (Lipinski definition) is 3. The fourth-order valence-corrected chi connectivity index (χ4v) is 3.36. The zero-order valence-electron chi connectivity index (χ0n) is 13.9. The van der Waals surface area contributed by atoms with E-state index in [4.69, 9.17) is 0 Å². The second-order valence-corrected chi connectivity index (χ2v) is 6.51. The van der Waals surface area contributed by atoms with Crippen molar-refractivity contribution in [2.24, 2.45) is 0 Å². The molecule has 1 aliphatic rings. The molecule has 4 rings (SSSR count). The van der Waals surface area contributed by atoms with Gasteiger partial charge in [0.05, 0.1) is 34.1 Å². The highest BCUT2D eigenvalue weighted by molar-refractivity contribution is 7.80. The molecular formula is C21H21N3S. The summed E-state index contributed by atoms with van der Waals surface area (Å²) in [5.74, 6) is 0.863. The van der Waals surface area contributed by atoms with Crippen molar-refractivity contribution >= 4 is 46.8 Å². The quantitative estimate of drug-likeness (QED) is 0.511. The van der Waals surface area contributed by atoms with Crippen LogP contribution in [0.25, 0.3) is 0 Å². The lowest BCUT2D eigenvalue weighted by Gasteiger charge is -2.28. The number of hydrogen-bond acceptors (Lipinski definition) is 4. The molecule has 25 heavy (non-hydrogen) atoms. The van der Waals surface area contributed by atoms with Gasteiger partial charge in [-0.2, -0.15) is 12.6 Å². The number of thiol groups is 1. The Morgan fingerprint density at radius 2 is 1.08 bits per heavy atom. The molecule has 0 aliphatic carbocycles. The second kappa shape index (κ2) is 7.11. The number of anilines is 6. The predicted molar refractivity (Wildman–Crippen MR) is 111 cm³/mol. The van der Waals surface area contributed by atoms with E-state index in [9.17, 15) is 0 Å². The van der Waals surface area contributed by atoms with Crippen molar-refractivity contribution in [2.75, 3.05) is 27.8 Å². The fourth-order valence-electron chi connectivity index (χ4n) is 3.22. The summed E-state index contributed by atoms with van der Waals surface area (Å²) >= 11 is 4.41. The van der Waals surface area contributed by atoms with E-state index in [0.717, 1.165) is 41.5 Å². The average Bonchev–Trinajstić information content (AvgIpc) is 2.71. The van der Waals surface area contributed by atoms with Crippen molar-refractivity contribution in [3.8, 4) is 0 Å². The Labute approximate surface area is 154 Å². The molecule has 0 bridgehead atoms. The van der Waals surface area contributed by atoms with Crippen LogP contribution >= 0.6 is 12.6 Å². The molecule has 0 atom stereocenters. The molecule has 0 aromatic heterocycles. The van der Waals surface area contributed by atoms with Gasteiger partial charge in [0.1, 0.15) is 0 Å². The molecular weight excluding hydrogens is 326 g/mol. The molecule has 0 amide bonds. The van der Waals surface area contributed by atoms with E-state index in [2.05, 4.69) is 101 Å². The van der Waals surface area contributed by atoms with E-state index in [1.165, 1.54) is 11.4 Å². The van der Waals surface area contributed by atoms with E-state index < -0.39 is 0 Å². The predicted octanol–water partition coefficient (Wildman–Crippen LogP) is 5.95. The van der Waals surface area contributed by atoms with Crippen molar-refractivity contribution in [1.82, 2.24) is 0 Å². The highest BCUT2D eigenvalue weighted by Gasteiger charge is 2.19. The first kappa shape index (κ1) is 15.9. The van der Waals surface area contributed by atoms with E-state index >= 15 is 0 Å². The molecule has 0 fully saturated rings. The third-order valence-corrected chi connectivity index (χ3v) is 4.71. The number of rotatable bonds is 3. The van der Waals surface area contributed by atoms with Crippen LogP contribution in [0.15, 0.2) is 72.8 Å². The lowest BCUT2D eigenvalue weighted by Crippen LogP contribution is -2.20. The average molecular weight is 347 g/mol. The van der Waals surface area contributed by atoms with Crippen molar-refractivity contribution in [2.45, 2.75) is 6.42 Å². The maximum Gasteiger partial charge on any atom is 0.0650 e. The molecule has 126 valence electrons. The van der Waals surface area contributed by atoms with Crippen molar-refractivity contribution in [3.63, 3.8) is 0 Å². The Morgan fingerprint density at radius 1 is 0.640 bits per heavy atom. The molecule has 0 radical (unpaired) electrons. The minimum absolute atomic E-state index is 0.863. The number of para-hydroxylation sites is 6. The molecule has 3 nitrogen and oxygen atoms in total. The summed E-state index contributed by atoms with van der Waals surface area (Å²) in [6.45, 7) is 0.914. The van der Waals surface area contributed by atoms with Gasteiger partial charge in [0.15, 0.2) is 0 Å². The summed E-state index contributed by atoms with van der Waals surface area (Å²) in [7, 11) is 0. The molecule has 0 spiro atoms. The SMILES string of the molecule is SCCCN1c2ccccc2Nc2ccccc2Nc2ccccc21. The number of nitrogens with one attached hydrogen (secondary N) is 2. The third-order valence-electron chi connectivity index (χ3n) is 4.40. The topological polar surface area (TPSA) is 27.3 Å². The molecule has 2 N–H and O–H groups in total. The largest absolute Gasteiger partial charge is 0.352 e. The standard InChI is InChI=1S/C21H21N3S/c25-15-7-14-24-20-12-5-3-10-18(20)22-16-8-1-2-9-17(16)23-19-11-4-6-13-21(19)24/h1-6,8-13,22-23,25H,7,14-15H2. The Bertz CT molecular complexity index is 810. The second-order valence-electron chi connectivity index (χ2n) is 6.06. The normalized spacial score (nSPS) is 12.4. The van der Waals surface area contributed by atoms with Gasteiger partial charge < -0.3 is 15.5 Å². The van der Waals surface area contributed by atoms with Crippen LogP contribution in [0.4, 0.5) is 34.1 Å². The van der Waals surface area contributed by atoms with Gasteiger partial charge in [-0.05, 0) is 48.6 Å². The van der Waals surface area contributed by atoms with Crippen molar-refractivity contribution in [1.29, 1.82) is 0 Å². The molecule has 0 unspecified atom stereocenters. The Hall–Kier alpha value is -2.59. The third kappa shape index (κ3) is 3.17. The monoisotopic (exact) mass is 347 g/mol. The Balaban J connectivity index is 1.93. The zero-order chi connectivity index (χ0) is 17.1. The first-order chi connectivity index (χ1) is 12.4. The zero-order valence-corrected chi connectivity index (χ0v) is 14.8. The van der Waals surface area contributed by atoms with E-state index in [1.54, 1.807) is 0 Å². The van der Waals surface area contributed by atoms with Crippen LogP contribution in [-0.2, 0) is 0 Å². The number of benzene rings is 3. The molecule has 0 saturated heterocycles. The summed E-state index contributed by atoms with van der Waals surface area (Å²) < 4.78 is 0. The highest BCUT2D eigenvalue weighted by atomic mass is 32.1. The van der Waals surface area contributed by atoms with E-state index in [-0.39, 0.29) is 0 Å². The number of fused-ring (bicyclic) bond motifs is 3. The molecule has 3 aromatic carbocycles. The molecule has 3 aromatic rings. The molecule has 4 heteroatoms. The first-order valence-corrected chi connectivity index (χ1v) is 9.19. The van der Waals surface area contributed by atoms with Gasteiger partial charge in [-0.1, -0.05) is 36.4 Å². The molecule has 0 saturated carbocycles. The first-order valence-electron chi connectivity index (χ1n) is 8.56. The fraction of sp³-hybridized carbons (Fsp3) is 0.143. The van der Waals surface area contributed by atoms with E-state index in [1.807, 2.05) is 0 Å². The van der Waals surface area contributed by atoms with Crippen LogP contribution in [0, 0.1) is 0 Å². The lowest BCUT2D eigenvalue weighted by molar-refractivity contribution is 0.898. The smallest absolute Gasteiger partial charge is 0.0650 e. The maximum absolute atomic E-state index is 4.41. The maximum atomic E-state index is 4.41. The molecule has 1 aliphatic heterocycles. The minimum Gasteiger partial charge on any atom is -0.352 e. The summed E-state index contributed by atoms with van der Waals surface area (Å²) in [5.41, 5.74) is 6.70. The lowest BCUT2D eigenvalue weighted by atomic mass is 10.1. The minimum atomic E-state index is 0.863. The van der Waals surface area contributed by atoms with Gasteiger partial charge >= 0.3 is 0 Å². The van der Waals surface area contributed by atoms with Gasteiger partial charge in [-0.3, -0.25) is 0 Å². The molecule has 1 heterocycles. The van der Waals surface area contributed by atoms with Crippen LogP contribution in [0.2, 0.25) is 0 Å². The summed E-state index contributed by atoms with van der Waals surface area (Å²) in [6, 6.07) is 25.2. The Morgan fingerprint density at radius 3 is 1.56 bits per heavy atom. The van der Waals surface area contributed by atoms with Crippen molar-refractivity contribution in [3.05, 3.63) is 72.8 Å². The summed E-state index contributed by atoms with van der Waals surface area (Å²) in [5, 5.41) is 7.20. The van der Waals surface area contributed by atoms with Gasteiger partial charge in [0.2, 0.25) is 0 Å².